The van der Waals surface area contributed by atoms with E-state index < -0.39 is 17.8 Å². The van der Waals surface area contributed by atoms with Gasteiger partial charge in [0.15, 0.2) is 11.5 Å². The van der Waals surface area contributed by atoms with Crippen molar-refractivity contribution in [2.75, 3.05) is 20.8 Å². The van der Waals surface area contributed by atoms with Crippen molar-refractivity contribution in [3.8, 4) is 11.5 Å². The quantitative estimate of drug-likeness (QED) is 0.619. The Bertz CT molecular complexity index is 570. The van der Waals surface area contributed by atoms with E-state index in [1.165, 1.54) is 14.2 Å². The number of hydrogen-bond donors (Lipinski definition) is 1. The molecular formula is C13H14N2O5. The van der Waals surface area contributed by atoms with Crippen LogP contribution in [0.4, 0.5) is 4.79 Å². The van der Waals surface area contributed by atoms with E-state index in [9.17, 15) is 14.4 Å². The van der Waals surface area contributed by atoms with Crippen LogP contribution in [0.3, 0.4) is 0 Å². The van der Waals surface area contributed by atoms with Crippen LogP contribution in [0, 0.1) is 0 Å². The van der Waals surface area contributed by atoms with E-state index in [0.717, 1.165) is 10.5 Å². The number of urea groups is 1. The molecular weight excluding hydrogens is 264 g/mol. The first-order chi connectivity index (χ1) is 9.56. The summed E-state index contributed by atoms with van der Waals surface area (Å²) in [5.41, 5.74) is 0.864. The standard InChI is InChI=1S/C13H14N2O5/c1-19-9-4-3-8(7-10(9)20-2)5-6-15-12(17)11(16)14-13(15)18/h3-4,7H,5-6H2,1-2H3,(H,14,16,18). The predicted octanol–water partition coefficient (Wildman–Crippen LogP) is 0.325. The number of carbonyl (C=O) groups excluding carboxylic acids is 3. The summed E-state index contributed by atoms with van der Waals surface area (Å²) in [6.45, 7) is 0.131. The minimum Gasteiger partial charge on any atom is -0.493 e. The van der Waals surface area contributed by atoms with Crippen LogP contribution < -0.4 is 14.8 Å². The third-order valence-corrected chi connectivity index (χ3v) is 2.98. The number of methoxy groups -OCH3 is 2. The maximum absolute atomic E-state index is 11.4. The minimum absolute atomic E-state index is 0.131. The third kappa shape index (κ3) is 2.56. The molecule has 1 heterocycles. The van der Waals surface area contributed by atoms with Crippen LogP contribution in [-0.2, 0) is 16.0 Å². The maximum Gasteiger partial charge on any atom is 0.331 e. The predicted molar refractivity (Wildman–Crippen MR) is 68.5 cm³/mol. The van der Waals surface area contributed by atoms with E-state index in [1.54, 1.807) is 12.1 Å². The van der Waals surface area contributed by atoms with Crippen molar-refractivity contribution in [1.29, 1.82) is 0 Å². The van der Waals surface area contributed by atoms with Gasteiger partial charge in [0, 0.05) is 6.54 Å². The van der Waals surface area contributed by atoms with E-state index in [1.807, 2.05) is 11.4 Å². The largest absolute Gasteiger partial charge is 0.493 e. The molecule has 1 N–H and O–H groups in total. The topological polar surface area (TPSA) is 84.9 Å². The van der Waals surface area contributed by atoms with Gasteiger partial charge in [-0.2, -0.15) is 0 Å². The average Bonchev–Trinajstić information content (AvgIpc) is 2.70. The highest BCUT2D eigenvalue weighted by Crippen LogP contribution is 2.27. The van der Waals surface area contributed by atoms with E-state index in [0.29, 0.717) is 17.9 Å². The molecule has 1 aromatic rings. The van der Waals surface area contributed by atoms with Crippen LogP contribution in [0.5, 0.6) is 11.5 Å². The minimum atomic E-state index is -0.887. The molecule has 2 rings (SSSR count). The lowest BCUT2D eigenvalue weighted by molar-refractivity contribution is -0.140. The summed E-state index contributed by atoms with van der Waals surface area (Å²) in [5, 5.41) is 1.95. The molecule has 0 aromatic heterocycles. The number of hydrogen-bond acceptors (Lipinski definition) is 5. The zero-order valence-corrected chi connectivity index (χ0v) is 11.1. The van der Waals surface area contributed by atoms with Crippen LogP contribution in [0.1, 0.15) is 5.56 Å². The fraction of sp³-hybridized carbons (Fsp3) is 0.308. The number of carbonyl (C=O) groups is 3. The average molecular weight is 278 g/mol. The molecule has 0 aliphatic carbocycles. The summed E-state index contributed by atoms with van der Waals surface area (Å²) in [5.74, 6) is -0.544. The Hall–Kier alpha value is -2.57. The number of nitrogens with zero attached hydrogens (tertiary/aromatic N) is 1. The normalized spacial score (nSPS) is 14.5. The van der Waals surface area contributed by atoms with Gasteiger partial charge in [-0.1, -0.05) is 6.07 Å². The molecule has 0 saturated carbocycles. The Morgan fingerprint density at radius 2 is 1.80 bits per heavy atom. The summed E-state index contributed by atoms with van der Waals surface area (Å²) < 4.78 is 10.3. The molecule has 0 radical (unpaired) electrons. The highest BCUT2D eigenvalue weighted by molar-refractivity contribution is 6.44. The molecule has 0 bridgehead atoms. The van der Waals surface area contributed by atoms with Gasteiger partial charge < -0.3 is 9.47 Å². The van der Waals surface area contributed by atoms with Crippen molar-refractivity contribution < 1.29 is 23.9 Å². The van der Waals surface area contributed by atoms with Crippen molar-refractivity contribution in [1.82, 2.24) is 10.2 Å². The number of ether oxygens (including phenoxy) is 2. The molecule has 1 aliphatic rings. The Morgan fingerprint density at radius 1 is 1.10 bits per heavy atom. The fourth-order valence-electron chi connectivity index (χ4n) is 1.91. The lowest BCUT2D eigenvalue weighted by Crippen LogP contribution is -2.32. The lowest BCUT2D eigenvalue weighted by atomic mass is 10.1. The van der Waals surface area contributed by atoms with Gasteiger partial charge in [-0.15, -0.1) is 0 Å². The van der Waals surface area contributed by atoms with E-state index in [2.05, 4.69) is 0 Å². The molecule has 7 heteroatoms. The molecule has 0 spiro atoms. The van der Waals surface area contributed by atoms with Crippen LogP contribution >= 0.6 is 0 Å². The highest BCUT2D eigenvalue weighted by atomic mass is 16.5. The number of imide groups is 2. The van der Waals surface area contributed by atoms with Crippen LogP contribution in [-0.4, -0.2) is 43.5 Å². The van der Waals surface area contributed by atoms with Gasteiger partial charge in [-0.3, -0.25) is 19.8 Å². The molecule has 1 fully saturated rings. The molecule has 7 nitrogen and oxygen atoms in total. The molecule has 1 aliphatic heterocycles. The second-order valence-electron chi connectivity index (χ2n) is 4.16. The first-order valence-corrected chi connectivity index (χ1v) is 5.94. The monoisotopic (exact) mass is 278 g/mol. The van der Waals surface area contributed by atoms with E-state index in [-0.39, 0.29) is 6.54 Å². The van der Waals surface area contributed by atoms with Gasteiger partial charge in [0.25, 0.3) is 0 Å². The van der Waals surface area contributed by atoms with Gasteiger partial charge in [0.1, 0.15) is 0 Å². The Morgan fingerprint density at radius 3 is 2.35 bits per heavy atom. The number of rotatable bonds is 5. The summed E-state index contributed by atoms with van der Waals surface area (Å²) in [6, 6.07) is 4.63. The Balaban J connectivity index is 2.06. The fourth-order valence-corrected chi connectivity index (χ4v) is 1.91. The first kappa shape index (κ1) is 13.9. The van der Waals surface area contributed by atoms with Gasteiger partial charge in [-0.25, -0.2) is 4.79 Å². The third-order valence-electron chi connectivity index (χ3n) is 2.98. The van der Waals surface area contributed by atoms with Crippen molar-refractivity contribution in [3.05, 3.63) is 23.8 Å². The van der Waals surface area contributed by atoms with E-state index >= 15 is 0 Å². The van der Waals surface area contributed by atoms with Crippen LogP contribution in [0.2, 0.25) is 0 Å². The summed E-state index contributed by atoms with van der Waals surface area (Å²) >= 11 is 0. The van der Waals surface area contributed by atoms with Crippen molar-refractivity contribution >= 4 is 17.8 Å². The SMILES string of the molecule is COc1ccc(CCN2C(=O)NC(=O)C2=O)cc1OC. The highest BCUT2D eigenvalue weighted by Gasteiger charge is 2.36. The lowest BCUT2D eigenvalue weighted by Gasteiger charge is -2.13. The molecule has 1 saturated heterocycles. The second-order valence-corrected chi connectivity index (χ2v) is 4.16. The second kappa shape index (κ2) is 5.60. The van der Waals surface area contributed by atoms with Crippen molar-refractivity contribution in [2.45, 2.75) is 6.42 Å². The Kier molecular flexibility index (Phi) is 3.88. The van der Waals surface area contributed by atoms with Gasteiger partial charge in [0.2, 0.25) is 0 Å². The number of nitrogens with one attached hydrogen (secondary N) is 1. The Labute approximate surface area is 115 Å². The molecule has 0 atom stereocenters. The molecule has 106 valence electrons. The molecule has 20 heavy (non-hydrogen) atoms. The van der Waals surface area contributed by atoms with E-state index in [4.69, 9.17) is 9.47 Å². The zero-order valence-electron chi connectivity index (χ0n) is 11.1. The maximum atomic E-state index is 11.4. The van der Waals surface area contributed by atoms with Gasteiger partial charge in [-0.05, 0) is 24.1 Å². The molecule has 1 aromatic carbocycles. The van der Waals surface area contributed by atoms with Crippen LogP contribution in [0.25, 0.3) is 0 Å². The first-order valence-electron chi connectivity index (χ1n) is 5.94. The van der Waals surface area contributed by atoms with Gasteiger partial charge in [0.05, 0.1) is 14.2 Å². The van der Waals surface area contributed by atoms with Crippen molar-refractivity contribution in [3.63, 3.8) is 0 Å². The van der Waals surface area contributed by atoms with Crippen LogP contribution in [0.15, 0.2) is 18.2 Å². The molecule has 0 unspecified atom stereocenters. The van der Waals surface area contributed by atoms with Gasteiger partial charge >= 0.3 is 17.8 Å². The smallest absolute Gasteiger partial charge is 0.331 e. The van der Waals surface area contributed by atoms with Crippen molar-refractivity contribution in [2.24, 2.45) is 0 Å². The summed E-state index contributed by atoms with van der Waals surface area (Å²) in [6.07, 6.45) is 0.423. The summed E-state index contributed by atoms with van der Waals surface area (Å²) in [7, 11) is 3.06. The molecule has 4 amide bonds. The number of amides is 4. The number of benzene rings is 1. The zero-order chi connectivity index (χ0) is 14.7. The summed E-state index contributed by atoms with van der Waals surface area (Å²) in [4.78, 5) is 34.7.